The molecule has 1 unspecified atom stereocenters. The fraction of sp³-hybridized carbons (Fsp3) is 0.471. The van der Waals surface area contributed by atoms with Gasteiger partial charge in [0, 0.05) is 17.5 Å². The quantitative estimate of drug-likeness (QED) is 0.834. The number of amides is 2. The second-order valence-corrected chi connectivity index (χ2v) is 7.91. The van der Waals surface area contributed by atoms with Gasteiger partial charge in [-0.3, -0.25) is 9.59 Å². The molecule has 3 rings (SSSR count). The maximum atomic E-state index is 12.6. The van der Waals surface area contributed by atoms with Crippen molar-refractivity contribution in [2.75, 3.05) is 23.4 Å². The van der Waals surface area contributed by atoms with Crippen molar-refractivity contribution < 1.29 is 14.1 Å². The minimum atomic E-state index is -0.183. The van der Waals surface area contributed by atoms with E-state index in [9.17, 15) is 9.59 Å². The molecule has 0 fully saturated rings. The minimum Gasteiger partial charge on any atom is -0.360 e. The van der Waals surface area contributed by atoms with Crippen molar-refractivity contribution in [2.24, 2.45) is 0 Å². The maximum absolute atomic E-state index is 12.6. The molecule has 0 aliphatic carbocycles. The highest BCUT2D eigenvalue weighted by Gasteiger charge is 2.30. The highest BCUT2D eigenvalue weighted by molar-refractivity contribution is 8.00. The SMILES string of the molecule is CCC1c2ccsc2CCN1C(=O)CSCC(=O)Nc1cc(C)on1. The van der Waals surface area contributed by atoms with Crippen LogP contribution in [0.1, 0.15) is 35.6 Å². The molecule has 1 aliphatic rings. The zero-order valence-electron chi connectivity index (χ0n) is 14.3. The van der Waals surface area contributed by atoms with E-state index in [-0.39, 0.29) is 23.6 Å². The number of thiophene rings is 1. The minimum absolute atomic E-state index is 0.0961. The van der Waals surface area contributed by atoms with Crippen LogP contribution in [0.4, 0.5) is 5.82 Å². The number of carbonyl (C=O) groups excluding carboxylic acids is 2. The number of fused-ring (bicyclic) bond motifs is 1. The Morgan fingerprint density at radius 3 is 3.04 bits per heavy atom. The lowest BCUT2D eigenvalue weighted by molar-refractivity contribution is -0.131. The average molecular weight is 380 g/mol. The van der Waals surface area contributed by atoms with E-state index in [4.69, 9.17) is 4.52 Å². The summed E-state index contributed by atoms with van der Waals surface area (Å²) in [6, 6.07) is 3.95. The van der Waals surface area contributed by atoms with Crippen LogP contribution in [0.15, 0.2) is 22.0 Å². The van der Waals surface area contributed by atoms with Gasteiger partial charge in [0.15, 0.2) is 5.82 Å². The summed E-state index contributed by atoms with van der Waals surface area (Å²) in [5.74, 6) is 1.48. The molecule has 0 saturated heterocycles. The van der Waals surface area contributed by atoms with Crippen LogP contribution >= 0.6 is 23.1 Å². The number of aromatic nitrogens is 1. The first-order valence-corrected chi connectivity index (χ1v) is 10.3. The van der Waals surface area contributed by atoms with Crippen LogP contribution in [-0.4, -0.2) is 39.9 Å². The third-order valence-corrected chi connectivity index (χ3v) is 6.07. The van der Waals surface area contributed by atoms with Crippen molar-refractivity contribution in [3.05, 3.63) is 33.7 Å². The number of hydrogen-bond donors (Lipinski definition) is 1. The summed E-state index contributed by atoms with van der Waals surface area (Å²) < 4.78 is 4.90. The molecule has 1 atom stereocenters. The van der Waals surface area contributed by atoms with Gasteiger partial charge >= 0.3 is 0 Å². The third-order valence-electron chi connectivity index (χ3n) is 4.16. The van der Waals surface area contributed by atoms with E-state index in [1.165, 1.54) is 22.2 Å². The predicted octanol–water partition coefficient (Wildman–Crippen LogP) is 3.25. The van der Waals surface area contributed by atoms with Crippen molar-refractivity contribution in [1.82, 2.24) is 10.1 Å². The van der Waals surface area contributed by atoms with E-state index in [1.807, 2.05) is 4.90 Å². The summed E-state index contributed by atoms with van der Waals surface area (Å²) in [7, 11) is 0. The third kappa shape index (κ3) is 4.24. The predicted molar refractivity (Wildman–Crippen MR) is 100.0 cm³/mol. The molecule has 134 valence electrons. The Hall–Kier alpha value is -1.80. The largest absolute Gasteiger partial charge is 0.360 e. The Balaban J connectivity index is 1.48. The first-order chi connectivity index (χ1) is 12.1. The Kier molecular flexibility index (Phi) is 5.80. The number of nitrogens with one attached hydrogen (secondary N) is 1. The summed E-state index contributed by atoms with van der Waals surface area (Å²) in [6.07, 6.45) is 1.83. The number of thioether (sulfide) groups is 1. The molecule has 0 saturated carbocycles. The van der Waals surface area contributed by atoms with E-state index in [1.54, 1.807) is 24.3 Å². The molecule has 1 aliphatic heterocycles. The monoisotopic (exact) mass is 379 g/mol. The molecule has 6 nitrogen and oxygen atoms in total. The van der Waals surface area contributed by atoms with Gasteiger partial charge in [0.25, 0.3) is 0 Å². The summed E-state index contributed by atoms with van der Waals surface area (Å²) in [5.41, 5.74) is 1.29. The number of anilines is 1. The van der Waals surface area contributed by atoms with E-state index < -0.39 is 0 Å². The smallest absolute Gasteiger partial charge is 0.235 e. The molecular formula is C17H21N3O3S2. The Morgan fingerprint density at radius 1 is 1.48 bits per heavy atom. The molecule has 0 spiro atoms. The van der Waals surface area contributed by atoms with Gasteiger partial charge in [-0.1, -0.05) is 12.1 Å². The van der Waals surface area contributed by atoms with Crippen molar-refractivity contribution in [3.8, 4) is 0 Å². The van der Waals surface area contributed by atoms with E-state index in [2.05, 4.69) is 28.8 Å². The zero-order chi connectivity index (χ0) is 17.8. The van der Waals surface area contributed by atoms with E-state index in [0.29, 0.717) is 17.3 Å². The molecule has 25 heavy (non-hydrogen) atoms. The summed E-state index contributed by atoms with van der Waals surface area (Å²) in [4.78, 5) is 27.8. The highest BCUT2D eigenvalue weighted by Crippen LogP contribution is 2.35. The lowest BCUT2D eigenvalue weighted by Gasteiger charge is -2.35. The molecule has 2 amide bonds. The number of carbonyl (C=O) groups is 2. The van der Waals surface area contributed by atoms with Crippen LogP contribution in [0.3, 0.4) is 0 Å². The van der Waals surface area contributed by atoms with Crippen molar-refractivity contribution in [1.29, 1.82) is 0 Å². The number of aryl methyl sites for hydroxylation is 1. The molecular weight excluding hydrogens is 358 g/mol. The molecule has 2 aromatic heterocycles. The molecule has 0 bridgehead atoms. The number of rotatable bonds is 6. The highest BCUT2D eigenvalue weighted by atomic mass is 32.2. The summed E-state index contributed by atoms with van der Waals surface area (Å²) in [6.45, 7) is 4.63. The summed E-state index contributed by atoms with van der Waals surface area (Å²) >= 11 is 3.10. The van der Waals surface area contributed by atoms with Crippen LogP contribution in [0.2, 0.25) is 0 Å². The molecule has 8 heteroatoms. The van der Waals surface area contributed by atoms with Crippen LogP contribution in [-0.2, 0) is 16.0 Å². The van der Waals surface area contributed by atoms with Gasteiger partial charge in [-0.25, -0.2) is 0 Å². The average Bonchev–Trinajstić information content (AvgIpc) is 3.22. The van der Waals surface area contributed by atoms with Gasteiger partial charge < -0.3 is 14.7 Å². The zero-order valence-corrected chi connectivity index (χ0v) is 15.9. The molecule has 2 aromatic rings. The van der Waals surface area contributed by atoms with Crippen molar-refractivity contribution in [3.63, 3.8) is 0 Å². The standard InChI is InChI=1S/C17H21N3O3S2/c1-3-13-12-5-7-25-14(12)4-6-20(13)17(22)10-24-9-16(21)18-15-8-11(2)23-19-15/h5,7-8,13H,3-4,6,9-10H2,1-2H3,(H,18,19,21). The van der Waals surface area contributed by atoms with Crippen molar-refractivity contribution >= 4 is 40.7 Å². The molecule has 3 heterocycles. The fourth-order valence-corrected chi connectivity index (χ4v) is 4.68. The second-order valence-electron chi connectivity index (χ2n) is 5.92. The van der Waals surface area contributed by atoms with Crippen LogP contribution in [0, 0.1) is 6.92 Å². The Labute approximate surface area is 154 Å². The first kappa shape index (κ1) is 18.0. The lowest BCUT2D eigenvalue weighted by Crippen LogP contribution is -2.40. The number of hydrogen-bond acceptors (Lipinski definition) is 6. The molecule has 1 N–H and O–H groups in total. The van der Waals surface area contributed by atoms with Crippen molar-refractivity contribution in [2.45, 2.75) is 32.7 Å². The van der Waals surface area contributed by atoms with Crippen LogP contribution in [0.25, 0.3) is 0 Å². The van der Waals surface area contributed by atoms with Gasteiger partial charge in [-0.15, -0.1) is 23.1 Å². The van der Waals surface area contributed by atoms with Gasteiger partial charge in [-0.05, 0) is 36.8 Å². The lowest BCUT2D eigenvalue weighted by atomic mass is 9.98. The van der Waals surface area contributed by atoms with Gasteiger partial charge in [-0.2, -0.15) is 0 Å². The number of nitrogens with zero attached hydrogens (tertiary/aromatic N) is 2. The summed E-state index contributed by atoms with van der Waals surface area (Å²) in [5, 5.41) is 8.48. The van der Waals surface area contributed by atoms with Gasteiger partial charge in [0.1, 0.15) is 5.76 Å². The van der Waals surface area contributed by atoms with E-state index in [0.717, 1.165) is 19.4 Å². The van der Waals surface area contributed by atoms with Crippen LogP contribution in [0.5, 0.6) is 0 Å². The maximum Gasteiger partial charge on any atom is 0.235 e. The molecule has 0 aromatic carbocycles. The normalized spacial score (nSPS) is 16.6. The van der Waals surface area contributed by atoms with Crippen LogP contribution < -0.4 is 5.32 Å². The Bertz CT molecular complexity index is 756. The fourth-order valence-electron chi connectivity index (χ4n) is 3.05. The molecule has 0 radical (unpaired) electrons. The topological polar surface area (TPSA) is 75.4 Å². The van der Waals surface area contributed by atoms with Gasteiger partial charge in [0.05, 0.1) is 17.5 Å². The van der Waals surface area contributed by atoms with Gasteiger partial charge in [0.2, 0.25) is 11.8 Å². The first-order valence-electron chi connectivity index (χ1n) is 8.25. The van der Waals surface area contributed by atoms with E-state index >= 15 is 0 Å². The Morgan fingerprint density at radius 2 is 2.32 bits per heavy atom. The second kappa shape index (κ2) is 8.05.